The second-order valence-electron chi connectivity index (χ2n) is 7.79. The summed E-state index contributed by atoms with van der Waals surface area (Å²) in [4.78, 5) is 0.206. The zero-order valence-corrected chi connectivity index (χ0v) is 15.5. The van der Waals surface area contributed by atoms with Crippen LogP contribution in [0.1, 0.15) is 49.3 Å². The van der Waals surface area contributed by atoms with E-state index in [9.17, 15) is 8.42 Å². The van der Waals surface area contributed by atoms with Crippen LogP contribution in [0.3, 0.4) is 0 Å². The second kappa shape index (κ2) is 5.99. The maximum Gasteiger partial charge on any atom is 0.238 e. The average molecular weight is 359 g/mol. The van der Waals surface area contributed by atoms with E-state index in [1.807, 2.05) is 12.1 Å². The number of hydrogen-bond acceptors (Lipinski definition) is 2. The standard InChI is InChI=1S/C20H26N2O2S/c1-22-14-4-5-16(22)8-11-18-19(20(18)12-2-3-13-20)15-6-9-17(10-7-15)25(21,23)24/h4-7,9-10,14,18-19H,2-3,8,11-13H2,1H3,(H2,21,23,24). The number of nitrogens with zero attached hydrogens (tertiary/aromatic N) is 1. The van der Waals surface area contributed by atoms with E-state index in [0.29, 0.717) is 17.3 Å². The lowest BCUT2D eigenvalue weighted by Gasteiger charge is -2.09. The van der Waals surface area contributed by atoms with Gasteiger partial charge in [-0.25, -0.2) is 13.6 Å². The fraction of sp³-hybridized carbons (Fsp3) is 0.500. The van der Waals surface area contributed by atoms with Gasteiger partial charge in [0.1, 0.15) is 0 Å². The van der Waals surface area contributed by atoms with E-state index in [4.69, 9.17) is 5.14 Å². The SMILES string of the molecule is Cn1cccc1CCC1C(c2ccc(S(N)(=O)=O)cc2)C12CCCC2. The third-order valence-electron chi connectivity index (χ3n) is 6.52. The molecule has 2 aromatic rings. The number of sulfonamides is 1. The van der Waals surface area contributed by atoms with Crippen LogP contribution in [-0.4, -0.2) is 13.0 Å². The van der Waals surface area contributed by atoms with Crippen LogP contribution < -0.4 is 5.14 Å². The lowest BCUT2D eigenvalue weighted by molar-refractivity contribution is 0.448. The summed E-state index contributed by atoms with van der Waals surface area (Å²) in [6, 6.07) is 11.6. The Labute approximate surface area is 150 Å². The second-order valence-corrected chi connectivity index (χ2v) is 9.35. The highest BCUT2D eigenvalue weighted by Crippen LogP contribution is 2.73. The van der Waals surface area contributed by atoms with E-state index in [0.717, 1.165) is 6.42 Å². The van der Waals surface area contributed by atoms with Gasteiger partial charge in [-0.1, -0.05) is 25.0 Å². The Bertz CT molecular complexity index is 861. The molecule has 2 aliphatic carbocycles. The molecule has 134 valence electrons. The first kappa shape index (κ1) is 16.9. The molecule has 1 spiro atoms. The van der Waals surface area contributed by atoms with E-state index < -0.39 is 10.0 Å². The van der Waals surface area contributed by atoms with Crippen LogP contribution in [0.2, 0.25) is 0 Å². The molecule has 2 fully saturated rings. The van der Waals surface area contributed by atoms with Gasteiger partial charge in [0.2, 0.25) is 10.0 Å². The summed E-state index contributed by atoms with van der Waals surface area (Å²) < 4.78 is 25.2. The van der Waals surface area contributed by atoms with Crippen LogP contribution in [0.25, 0.3) is 0 Å². The van der Waals surface area contributed by atoms with Crippen molar-refractivity contribution in [2.75, 3.05) is 0 Å². The van der Waals surface area contributed by atoms with Gasteiger partial charge in [0.25, 0.3) is 0 Å². The van der Waals surface area contributed by atoms with Crippen LogP contribution in [0.15, 0.2) is 47.5 Å². The molecule has 2 atom stereocenters. The van der Waals surface area contributed by atoms with Gasteiger partial charge in [0.15, 0.2) is 0 Å². The molecule has 2 aliphatic rings. The van der Waals surface area contributed by atoms with Crippen molar-refractivity contribution in [1.29, 1.82) is 0 Å². The third kappa shape index (κ3) is 2.93. The Morgan fingerprint density at radius 2 is 1.84 bits per heavy atom. The number of hydrogen-bond donors (Lipinski definition) is 1. The zero-order chi connectivity index (χ0) is 17.7. The van der Waals surface area contributed by atoms with Gasteiger partial charge in [-0.05, 0) is 72.8 Å². The van der Waals surface area contributed by atoms with Crippen molar-refractivity contribution in [2.45, 2.75) is 49.3 Å². The summed E-state index contributed by atoms with van der Waals surface area (Å²) in [6.07, 6.45) is 9.70. The molecule has 2 saturated carbocycles. The van der Waals surface area contributed by atoms with E-state index in [2.05, 4.69) is 29.9 Å². The number of rotatable bonds is 5. The number of aryl methyl sites for hydroxylation is 2. The van der Waals surface area contributed by atoms with Gasteiger partial charge in [-0.15, -0.1) is 0 Å². The number of nitrogens with two attached hydrogens (primary N) is 1. The van der Waals surface area contributed by atoms with Crippen molar-refractivity contribution in [2.24, 2.45) is 23.5 Å². The lowest BCUT2D eigenvalue weighted by Crippen LogP contribution is -2.11. The minimum Gasteiger partial charge on any atom is -0.354 e. The van der Waals surface area contributed by atoms with Crippen molar-refractivity contribution in [3.05, 3.63) is 53.9 Å². The van der Waals surface area contributed by atoms with Crippen molar-refractivity contribution >= 4 is 10.0 Å². The monoisotopic (exact) mass is 358 g/mol. The third-order valence-corrected chi connectivity index (χ3v) is 7.45. The van der Waals surface area contributed by atoms with Gasteiger partial charge in [0, 0.05) is 18.9 Å². The molecule has 0 amide bonds. The van der Waals surface area contributed by atoms with Crippen molar-refractivity contribution in [1.82, 2.24) is 4.57 Å². The van der Waals surface area contributed by atoms with Gasteiger partial charge < -0.3 is 4.57 Å². The molecule has 5 heteroatoms. The first-order valence-electron chi connectivity index (χ1n) is 9.15. The fourth-order valence-electron chi connectivity index (χ4n) is 5.24. The van der Waals surface area contributed by atoms with Gasteiger partial charge in [-0.2, -0.15) is 0 Å². The van der Waals surface area contributed by atoms with Crippen LogP contribution in [0.5, 0.6) is 0 Å². The summed E-state index contributed by atoms with van der Waals surface area (Å²) in [5, 5.41) is 5.23. The van der Waals surface area contributed by atoms with Crippen LogP contribution >= 0.6 is 0 Å². The highest BCUT2D eigenvalue weighted by Gasteiger charge is 2.64. The summed E-state index contributed by atoms with van der Waals surface area (Å²) in [5.41, 5.74) is 3.13. The molecular formula is C20H26N2O2S. The Hall–Kier alpha value is -1.59. The first-order valence-corrected chi connectivity index (χ1v) is 10.7. The minimum atomic E-state index is -3.61. The molecule has 0 radical (unpaired) electrons. The molecule has 4 nitrogen and oxygen atoms in total. The Morgan fingerprint density at radius 1 is 1.16 bits per heavy atom. The smallest absolute Gasteiger partial charge is 0.238 e. The van der Waals surface area contributed by atoms with E-state index in [1.54, 1.807) is 12.1 Å². The molecule has 1 aromatic carbocycles. The Balaban J connectivity index is 1.54. The molecule has 1 heterocycles. The summed E-state index contributed by atoms with van der Waals surface area (Å²) in [7, 11) is -1.51. The van der Waals surface area contributed by atoms with E-state index >= 15 is 0 Å². The molecule has 0 bridgehead atoms. The predicted molar refractivity (Wildman–Crippen MR) is 98.7 cm³/mol. The van der Waals surface area contributed by atoms with Crippen LogP contribution in [0.4, 0.5) is 0 Å². The number of primary sulfonamides is 1. The van der Waals surface area contributed by atoms with Gasteiger partial charge in [0.05, 0.1) is 4.90 Å². The molecular weight excluding hydrogens is 332 g/mol. The van der Waals surface area contributed by atoms with Crippen molar-refractivity contribution < 1.29 is 8.42 Å². The van der Waals surface area contributed by atoms with Crippen molar-refractivity contribution in [3.8, 4) is 0 Å². The largest absolute Gasteiger partial charge is 0.354 e. The molecule has 0 saturated heterocycles. The van der Waals surface area contributed by atoms with Gasteiger partial charge >= 0.3 is 0 Å². The van der Waals surface area contributed by atoms with Crippen LogP contribution in [0, 0.1) is 11.3 Å². The Kier molecular flexibility index (Phi) is 4.04. The normalized spacial score (nSPS) is 24.7. The molecule has 4 rings (SSSR count). The maximum atomic E-state index is 11.5. The number of aromatic nitrogens is 1. The first-order chi connectivity index (χ1) is 11.9. The molecule has 0 aliphatic heterocycles. The van der Waals surface area contributed by atoms with E-state index in [-0.39, 0.29) is 4.90 Å². The summed E-state index contributed by atoms with van der Waals surface area (Å²) in [5.74, 6) is 1.29. The highest BCUT2D eigenvalue weighted by atomic mass is 32.2. The molecule has 2 N–H and O–H groups in total. The van der Waals surface area contributed by atoms with Crippen molar-refractivity contribution in [3.63, 3.8) is 0 Å². The lowest BCUT2D eigenvalue weighted by atomic mass is 9.96. The average Bonchev–Trinajstić information content (AvgIpc) is 2.90. The molecule has 2 unspecified atom stereocenters. The quantitative estimate of drug-likeness (QED) is 0.888. The highest BCUT2D eigenvalue weighted by molar-refractivity contribution is 7.89. The topological polar surface area (TPSA) is 65.1 Å². The zero-order valence-electron chi connectivity index (χ0n) is 14.7. The maximum absolute atomic E-state index is 11.5. The van der Waals surface area contributed by atoms with Crippen LogP contribution in [-0.2, 0) is 23.5 Å². The number of benzene rings is 1. The summed E-state index contributed by atoms with van der Waals surface area (Å²) >= 11 is 0. The van der Waals surface area contributed by atoms with E-state index in [1.165, 1.54) is 43.4 Å². The fourth-order valence-corrected chi connectivity index (χ4v) is 5.75. The van der Waals surface area contributed by atoms with Gasteiger partial charge in [-0.3, -0.25) is 0 Å². The predicted octanol–water partition coefficient (Wildman–Crippen LogP) is 3.58. The summed E-state index contributed by atoms with van der Waals surface area (Å²) in [6.45, 7) is 0. The Morgan fingerprint density at radius 3 is 2.40 bits per heavy atom. The minimum absolute atomic E-state index is 0.206. The molecule has 25 heavy (non-hydrogen) atoms. The molecule has 1 aromatic heterocycles.